The van der Waals surface area contributed by atoms with Crippen LogP contribution in [0, 0.1) is 0 Å². The van der Waals surface area contributed by atoms with Crippen LogP contribution in [0.15, 0.2) is 42.5 Å². The lowest BCUT2D eigenvalue weighted by Gasteiger charge is -2.12. The third kappa shape index (κ3) is 3.47. The number of hydrogen-bond donors (Lipinski definition) is 0. The molecule has 22 heavy (non-hydrogen) atoms. The number of carbonyl (C=O) groups is 1. The Morgan fingerprint density at radius 1 is 0.955 bits per heavy atom. The minimum atomic E-state index is -0.452. The smallest absolute Gasteiger partial charge is 0.342 e. The van der Waals surface area contributed by atoms with Gasteiger partial charge in [-0.25, -0.2) is 4.79 Å². The molecule has 0 fully saturated rings. The van der Waals surface area contributed by atoms with E-state index in [0.717, 1.165) is 5.56 Å². The maximum Gasteiger partial charge on any atom is 0.342 e. The number of ether oxygens (including phenoxy) is 3. The Bertz CT molecular complexity index is 675. The summed E-state index contributed by atoms with van der Waals surface area (Å²) >= 11 is 0. The molecule has 0 saturated heterocycles. The summed E-state index contributed by atoms with van der Waals surface area (Å²) in [4.78, 5) is 12.0. The van der Waals surface area contributed by atoms with Gasteiger partial charge in [-0.15, -0.1) is 0 Å². The Balaban J connectivity index is 2.52. The lowest BCUT2D eigenvalue weighted by Crippen LogP contribution is -2.07. The minimum Gasteiger partial charge on any atom is -0.497 e. The zero-order chi connectivity index (χ0) is 15.9. The number of hydrogen-bond acceptors (Lipinski definition) is 4. The molecule has 2 aromatic carbocycles. The Morgan fingerprint density at radius 3 is 2.27 bits per heavy atom. The van der Waals surface area contributed by atoms with Crippen molar-refractivity contribution in [1.29, 1.82) is 0 Å². The quantitative estimate of drug-likeness (QED) is 0.624. The van der Waals surface area contributed by atoms with Gasteiger partial charge < -0.3 is 14.2 Å². The first-order chi connectivity index (χ1) is 10.7. The second kappa shape index (κ2) is 7.31. The third-order valence-corrected chi connectivity index (χ3v) is 3.21. The van der Waals surface area contributed by atoms with E-state index in [4.69, 9.17) is 14.2 Å². The summed E-state index contributed by atoms with van der Waals surface area (Å²) in [6.45, 7) is 0. The summed E-state index contributed by atoms with van der Waals surface area (Å²) < 4.78 is 15.4. The monoisotopic (exact) mass is 298 g/mol. The molecule has 0 atom stereocenters. The molecule has 4 nitrogen and oxygen atoms in total. The van der Waals surface area contributed by atoms with Crippen LogP contribution in [0.5, 0.6) is 11.5 Å². The maximum absolute atomic E-state index is 12.0. The summed E-state index contributed by atoms with van der Waals surface area (Å²) in [5.74, 6) is 0.573. The van der Waals surface area contributed by atoms with Gasteiger partial charge in [0.1, 0.15) is 17.1 Å². The molecule has 0 bridgehead atoms. The number of carbonyl (C=O) groups excluding carboxylic acids is 1. The summed E-state index contributed by atoms with van der Waals surface area (Å²) in [7, 11) is 4.42. The van der Waals surface area contributed by atoms with Gasteiger partial charge in [-0.05, 0) is 17.2 Å². The van der Waals surface area contributed by atoms with Gasteiger partial charge in [-0.2, -0.15) is 0 Å². The van der Waals surface area contributed by atoms with E-state index < -0.39 is 5.97 Å². The number of benzene rings is 2. The molecule has 4 heteroatoms. The van der Waals surface area contributed by atoms with Gasteiger partial charge in [-0.3, -0.25) is 0 Å². The van der Waals surface area contributed by atoms with Crippen LogP contribution in [0.4, 0.5) is 0 Å². The molecule has 0 unspecified atom stereocenters. The average Bonchev–Trinajstić information content (AvgIpc) is 2.59. The van der Waals surface area contributed by atoms with Gasteiger partial charge in [0.2, 0.25) is 0 Å². The molecule has 0 aliphatic carbocycles. The van der Waals surface area contributed by atoms with E-state index in [2.05, 4.69) is 0 Å². The average molecular weight is 298 g/mol. The minimum absolute atomic E-state index is 0.373. The topological polar surface area (TPSA) is 44.8 Å². The molecule has 0 aliphatic heterocycles. The van der Waals surface area contributed by atoms with Gasteiger partial charge in [0.25, 0.3) is 0 Å². The van der Waals surface area contributed by atoms with Crippen molar-refractivity contribution >= 4 is 18.1 Å². The molecule has 0 amide bonds. The molecule has 0 N–H and O–H groups in total. The van der Waals surface area contributed by atoms with Gasteiger partial charge in [0, 0.05) is 6.07 Å². The number of methoxy groups -OCH3 is 3. The highest BCUT2D eigenvalue weighted by Crippen LogP contribution is 2.30. The number of rotatable bonds is 5. The van der Waals surface area contributed by atoms with Crippen LogP contribution in [-0.4, -0.2) is 27.3 Å². The van der Waals surface area contributed by atoms with Crippen LogP contribution in [0.25, 0.3) is 12.2 Å². The summed E-state index contributed by atoms with van der Waals surface area (Å²) in [5, 5.41) is 0. The van der Waals surface area contributed by atoms with E-state index in [9.17, 15) is 4.79 Å². The molecule has 2 rings (SSSR count). The fourth-order valence-electron chi connectivity index (χ4n) is 2.09. The van der Waals surface area contributed by atoms with Crippen molar-refractivity contribution in [2.24, 2.45) is 0 Å². The van der Waals surface area contributed by atoms with Crippen LogP contribution in [0.2, 0.25) is 0 Å². The van der Waals surface area contributed by atoms with E-state index in [1.807, 2.05) is 42.5 Å². The zero-order valence-corrected chi connectivity index (χ0v) is 12.8. The Kier molecular flexibility index (Phi) is 5.20. The third-order valence-electron chi connectivity index (χ3n) is 3.21. The van der Waals surface area contributed by atoms with Gasteiger partial charge in [0.15, 0.2) is 0 Å². The van der Waals surface area contributed by atoms with Gasteiger partial charge >= 0.3 is 5.97 Å². The van der Waals surface area contributed by atoms with Crippen LogP contribution < -0.4 is 9.47 Å². The Hall–Kier alpha value is -2.75. The van der Waals surface area contributed by atoms with Gasteiger partial charge in [-0.1, -0.05) is 42.5 Å². The van der Waals surface area contributed by atoms with Crippen molar-refractivity contribution in [3.8, 4) is 11.5 Å². The van der Waals surface area contributed by atoms with E-state index in [1.54, 1.807) is 19.2 Å². The predicted molar refractivity (Wildman–Crippen MR) is 86.3 cm³/mol. The predicted octanol–water partition coefficient (Wildman–Crippen LogP) is 3.66. The first-order valence-electron chi connectivity index (χ1n) is 6.77. The van der Waals surface area contributed by atoms with E-state index in [-0.39, 0.29) is 0 Å². The summed E-state index contributed by atoms with van der Waals surface area (Å²) in [5.41, 5.74) is 2.07. The number of esters is 1. The molecule has 0 saturated carbocycles. The van der Waals surface area contributed by atoms with Crippen LogP contribution in [0.3, 0.4) is 0 Å². The molecule has 114 valence electrons. The Labute approximate surface area is 129 Å². The lowest BCUT2D eigenvalue weighted by atomic mass is 10.0. The SMILES string of the molecule is COC(=O)c1c(/C=C/c2ccccc2)cc(OC)cc1OC. The first kappa shape index (κ1) is 15.6. The van der Waals surface area contributed by atoms with Crippen molar-refractivity contribution in [2.45, 2.75) is 0 Å². The van der Waals surface area contributed by atoms with E-state index >= 15 is 0 Å². The fourth-order valence-corrected chi connectivity index (χ4v) is 2.09. The zero-order valence-electron chi connectivity index (χ0n) is 12.8. The molecule has 0 radical (unpaired) electrons. The molecule has 0 spiro atoms. The molecule has 0 aromatic heterocycles. The standard InChI is InChI=1S/C18H18O4/c1-20-15-11-14(10-9-13-7-5-4-6-8-13)17(18(19)22-3)16(12-15)21-2/h4-12H,1-3H3/b10-9+. The summed E-state index contributed by atoms with van der Waals surface area (Å²) in [6.07, 6.45) is 3.76. The molecule has 0 aliphatic rings. The highest BCUT2D eigenvalue weighted by molar-refractivity contribution is 5.98. The van der Waals surface area contributed by atoms with Crippen molar-refractivity contribution in [1.82, 2.24) is 0 Å². The highest BCUT2D eigenvalue weighted by Gasteiger charge is 2.18. The van der Waals surface area contributed by atoms with Crippen molar-refractivity contribution in [2.75, 3.05) is 21.3 Å². The largest absolute Gasteiger partial charge is 0.497 e. The maximum atomic E-state index is 12.0. The molecular weight excluding hydrogens is 280 g/mol. The second-order valence-electron chi connectivity index (χ2n) is 4.53. The van der Waals surface area contributed by atoms with E-state index in [0.29, 0.717) is 22.6 Å². The molecule has 2 aromatic rings. The highest BCUT2D eigenvalue weighted by atomic mass is 16.5. The fraction of sp³-hybridized carbons (Fsp3) is 0.167. The lowest BCUT2D eigenvalue weighted by molar-refractivity contribution is 0.0597. The van der Waals surface area contributed by atoms with Gasteiger partial charge in [0.05, 0.1) is 21.3 Å². The van der Waals surface area contributed by atoms with Crippen LogP contribution in [0.1, 0.15) is 21.5 Å². The van der Waals surface area contributed by atoms with Crippen LogP contribution in [-0.2, 0) is 4.74 Å². The Morgan fingerprint density at radius 2 is 1.68 bits per heavy atom. The van der Waals surface area contributed by atoms with E-state index in [1.165, 1.54) is 14.2 Å². The second-order valence-corrected chi connectivity index (χ2v) is 4.53. The van der Waals surface area contributed by atoms with Crippen molar-refractivity contribution < 1.29 is 19.0 Å². The van der Waals surface area contributed by atoms with Crippen molar-refractivity contribution in [3.05, 3.63) is 59.2 Å². The van der Waals surface area contributed by atoms with Crippen LogP contribution >= 0.6 is 0 Å². The van der Waals surface area contributed by atoms with Crippen molar-refractivity contribution in [3.63, 3.8) is 0 Å². The normalized spacial score (nSPS) is 10.5. The summed E-state index contributed by atoms with van der Waals surface area (Å²) in [6, 6.07) is 13.2. The molecule has 0 heterocycles. The first-order valence-corrected chi connectivity index (χ1v) is 6.77. The molecular formula is C18H18O4.